The summed E-state index contributed by atoms with van der Waals surface area (Å²) in [7, 11) is -5.66. The summed E-state index contributed by atoms with van der Waals surface area (Å²) < 4.78 is 70.3. The van der Waals surface area contributed by atoms with E-state index in [1.165, 1.54) is 6.08 Å². The van der Waals surface area contributed by atoms with E-state index in [2.05, 4.69) is 4.18 Å². The molecule has 1 fully saturated rings. The minimum Gasteiger partial charge on any atom is -0.458 e. The second-order valence-corrected chi connectivity index (χ2v) is 9.36. The van der Waals surface area contributed by atoms with Gasteiger partial charge in [0.1, 0.15) is 11.9 Å². The smallest absolute Gasteiger partial charge is 0.458 e. The Labute approximate surface area is 174 Å². The number of carbonyl (C=O) groups excluding carboxylic acids is 1. The molecular formula is C21H25F3O5S. The van der Waals surface area contributed by atoms with E-state index in [9.17, 15) is 26.4 Å². The molecule has 0 saturated heterocycles. The van der Waals surface area contributed by atoms with Crippen LogP contribution in [0.15, 0.2) is 42.2 Å². The Morgan fingerprint density at radius 1 is 1.00 bits per heavy atom. The first-order valence-electron chi connectivity index (χ1n) is 10.1. The summed E-state index contributed by atoms with van der Waals surface area (Å²) in [5, 5.41) is 0. The maximum atomic E-state index is 12.6. The molecule has 9 heteroatoms. The Bertz CT molecular complexity index is 858. The largest absolute Gasteiger partial charge is 0.534 e. The van der Waals surface area contributed by atoms with E-state index >= 15 is 0 Å². The second kappa shape index (κ2) is 9.41. The molecule has 166 valence electrons. The minimum absolute atomic E-state index is 0.0477. The summed E-state index contributed by atoms with van der Waals surface area (Å²) in [6.45, 7) is 0. The first kappa shape index (κ1) is 22.7. The fourth-order valence-corrected chi connectivity index (χ4v) is 4.73. The molecule has 0 amide bonds. The van der Waals surface area contributed by atoms with E-state index in [4.69, 9.17) is 4.74 Å². The van der Waals surface area contributed by atoms with Crippen LogP contribution in [0.1, 0.15) is 61.7 Å². The van der Waals surface area contributed by atoms with Crippen LogP contribution < -0.4 is 0 Å². The van der Waals surface area contributed by atoms with E-state index in [0.717, 1.165) is 32.1 Å². The van der Waals surface area contributed by atoms with Crippen molar-refractivity contribution >= 4 is 16.1 Å². The molecule has 2 aliphatic rings. The molecule has 30 heavy (non-hydrogen) atoms. The van der Waals surface area contributed by atoms with Gasteiger partial charge in [-0.3, -0.25) is 0 Å². The SMILES string of the molecule is O=C(OC(C1CC=C(OS(=O)(=O)C(F)(F)F)CC1)C1CCCCC1)c1ccccc1. The Morgan fingerprint density at radius 2 is 1.67 bits per heavy atom. The Balaban J connectivity index is 1.71. The fraction of sp³-hybridized carbons (Fsp3) is 0.571. The van der Waals surface area contributed by atoms with Crippen LogP contribution in [-0.4, -0.2) is 26.0 Å². The van der Waals surface area contributed by atoms with Crippen molar-refractivity contribution in [1.29, 1.82) is 0 Å². The monoisotopic (exact) mass is 446 g/mol. The van der Waals surface area contributed by atoms with Crippen molar-refractivity contribution in [2.24, 2.45) is 11.8 Å². The predicted octanol–water partition coefficient (Wildman–Crippen LogP) is 5.34. The van der Waals surface area contributed by atoms with Gasteiger partial charge in [0.15, 0.2) is 0 Å². The molecule has 0 aromatic heterocycles. The number of benzene rings is 1. The number of hydrogen-bond acceptors (Lipinski definition) is 5. The van der Waals surface area contributed by atoms with Crippen molar-refractivity contribution in [2.75, 3.05) is 0 Å². The fourth-order valence-electron chi connectivity index (χ4n) is 4.20. The number of carbonyl (C=O) groups is 1. The lowest BCUT2D eigenvalue weighted by atomic mass is 9.76. The maximum Gasteiger partial charge on any atom is 0.534 e. The maximum absolute atomic E-state index is 12.6. The highest BCUT2D eigenvalue weighted by atomic mass is 32.2. The van der Waals surface area contributed by atoms with E-state index in [-0.39, 0.29) is 30.1 Å². The highest BCUT2D eigenvalue weighted by Gasteiger charge is 2.49. The molecule has 2 aliphatic carbocycles. The van der Waals surface area contributed by atoms with Crippen LogP contribution in [0.2, 0.25) is 0 Å². The zero-order chi connectivity index (χ0) is 21.8. The third-order valence-corrected chi connectivity index (χ3v) is 6.74. The summed E-state index contributed by atoms with van der Waals surface area (Å²) in [6, 6.07) is 8.66. The highest BCUT2D eigenvalue weighted by molar-refractivity contribution is 7.87. The molecule has 1 aromatic carbocycles. The van der Waals surface area contributed by atoms with Crippen molar-refractivity contribution in [2.45, 2.75) is 63.0 Å². The van der Waals surface area contributed by atoms with Crippen LogP contribution in [-0.2, 0) is 19.0 Å². The van der Waals surface area contributed by atoms with Gasteiger partial charge in [-0.05, 0) is 49.8 Å². The van der Waals surface area contributed by atoms with Crippen LogP contribution in [0.4, 0.5) is 13.2 Å². The minimum atomic E-state index is -5.66. The summed E-state index contributed by atoms with van der Waals surface area (Å²) in [5.74, 6) is -0.537. The summed E-state index contributed by atoms with van der Waals surface area (Å²) in [6.07, 6.45) is 6.83. The van der Waals surface area contributed by atoms with Crippen molar-refractivity contribution in [3.8, 4) is 0 Å². The van der Waals surface area contributed by atoms with E-state index in [0.29, 0.717) is 18.4 Å². The molecule has 0 N–H and O–H groups in total. The van der Waals surface area contributed by atoms with Gasteiger partial charge in [0.25, 0.3) is 0 Å². The van der Waals surface area contributed by atoms with Crippen LogP contribution in [0.3, 0.4) is 0 Å². The number of allylic oxidation sites excluding steroid dienone is 2. The van der Waals surface area contributed by atoms with Crippen molar-refractivity contribution < 1.29 is 35.3 Å². The van der Waals surface area contributed by atoms with Crippen LogP contribution in [0, 0.1) is 11.8 Å². The average molecular weight is 446 g/mol. The number of hydrogen-bond donors (Lipinski definition) is 0. The second-order valence-electron chi connectivity index (χ2n) is 7.82. The molecule has 3 rings (SSSR count). The molecule has 1 saturated carbocycles. The Kier molecular flexibility index (Phi) is 7.10. The van der Waals surface area contributed by atoms with E-state index in [1.807, 2.05) is 0 Å². The quantitative estimate of drug-likeness (QED) is 0.335. The average Bonchev–Trinajstić information content (AvgIpc) is 2.73. The van der Waals surface area contributed by atoms with Gasteiger partial charge < -0.3 is 8.92 Å². The predicted molar refractivity (Wildman–Crippen MR) is 104 cm³/mol. The molecule has 0 aliphatic heterocycles. The lowest BCUT2D eigenvalue weighted by Crippen LogP contribution is -2.36. The third-order valence-electron chi connectivity index (χ3n) is 5.74. The van der Waals surface area contributed by atoms with Crippen LogP contribution >= 0.6 is 0 Å². The molecule has 2 unspecified atom stereocenters. The Morgan fingerprint density at radius 3 is 2.23 bits per heavy atom. The normalized spacial score (nSPS) is 22.1. The first-order valence-corrected chi connectivity index (χ1v) is 11.5. The van der Waals surface area contributed by atoms with Gasteiger partial charge in [-0.1, -0.05) is 37.5 Å². The highest BCUT2D eigenvalue weighted by Crippen LogP contribution is 2.38. The number of ether oxygens (including phenoxy) is 1. The molecule has 1 aromatic rings. The summed E-state index contributed by atoms with van der Waals surface area (Å²) >= 11 is 0. The third kappa shape index (κ3) is 5.56. The molecule has 0 spiro atoms. The van der Waals surface area contributed by atoms with E-state index in [1.54, 1.807) is 30.3 Å². The summed E-state index contributed by atoms with van der Waals surface area (Å²) in [4.78, 5) is 12.6. The first-order chi connectivity index (χ1) is 14.2. The molecular weight excluding hydrogens is 421 g/mol. The number of rotatable bonds is 6. The van der Waals surface area contributed by atoms with Crippen LogP contribution in [0.25, 0.3) is 0 Å². The van der Waals surface area contributed by atoms with Crippen molar-refractivity contribution in [1.82, 2.24) is 0 Å². The van der Waals surface area contributed by atoms with Gasteiger partial charge >= 0.3 is 21.6 Å². The van der Waals surface area contributed by atoms with Crippen molar-refractivity contribution in [3.63, 3.8) is 0 Å². The van der Waals surface area contributed by atoms with Crippen LogP contribution in [0.5, 0.6) is 0 Å². The number of esters is 1. The van der Waals surface area contributed by atoms with E-state index < -0.39 is 21.6 Å². The van der Waals surface area contributed by atoms with Gasteiger partial charge in [-0.25, -0.2) is 4.79 Å². The lowest BCUT2D eigenvalue weighted by Gasteiger charge is -2.36. The number of halogens is 3. The van der Waals surface area contributed by atoms with Gasteiger partial charge in [0.05, 0.1) is 5.56 Å². The van der Waals surface area contributed by atoms with Gasteiger partial charge in [0.2, 0.25) is 0 Å². The zero-order valence-electron chi connectivity index (χ0n) is 16.4. The van der Waals surface area contributed by atoms with Gasteiger partial charge in [-0.2, -0.15) is 21.6 Å². The van der Waals surface area contributed by atoms with Gasteiger partial charge in [0, 0.05) is 12.3 Å². The molecule has 2 atom stereocenters. The topological polar surface area (TPSA) is 69.7 Å². The summed E-state index contributed by atoms with van der Waals surface area (Å²) in [5.41, 5.74) is -5.01. The van der Waals surface area contributed by atoms with Crippen molar-refractivity contribution in [3.05, 3.63) is 47.7 Å². The Hall–Kier alpha value is -2.03. The zero-order valence-corrected chi connectivity index (χ0v) is 17.3. The standard InChI is InChI=1S/C21H25F3O5S/c22-21(23,24)30(26,27)29-18-13-11-16(12-14-18)19(15-7-3-1-4-8-15)28-20(25)17-9-5-2-6-10-17/h2,5-6,9-10,13,15-16,19H,1,3-4,7-8,11-12,14H2. The molecule has 0 radical (unpaired) electrons. The number of alkyl halides is 3. The molecule has 0 heterocycles. The lowest BCUT2D eigenvalue weighted by molar-refractivity contribution is -0.0528. The molecule has 5 nitrogen and oxygen atoms in total. The van der Waals surface area contributed by atoms with Gasteiger partial charge in [-0.15, -0.1) is 0 Å². The molecule has 0 bridgehead atoms.